The summed E-state index contributed by atoms with van der Waals surface area (Å²) >= 11 is 0. The summed E-state index contributed by atoms with van der Waals surface area (Å²) in [4.78, 5) is 38.7. The number of fused-ring (bicyclic) bond motifs is 1. The van der Waals surface area contributed by atoms with Crippen LogP contribution in [0.3, 0.4) is 0 Å². The molecule has 116 valence electrons. The van der Waals surface area contributed by atoms with Crippen molar-refractivity contribution in [1.82, 2.24) is 15.1 Å². The van der Waals surface area contributed by atoms with Crippen molar-refractivity contribution in [1.29, 1.82) is 0 Å². The maximum Gasteiger partial charge on any atom is 0.324 e. The Morgan fingerprint density at radius 3 is 2.48 bits per heavy atom. The van der Waals surface area contributed by atoms with Gasteiger partial charge in [0.2, 0.25) is 5.91 Å². The Labute approximate surface area is 132 Å². The van der Waals surface area contributed by atoms with E-state index < -0.39 is 0 Å². The van der Waals surface area contributed by atoms with Gasteiger partial charge in [-0.2, -0.15) is 0 Å². The van der Waals surface area contributed by atoms with Crippen LogP contribution in [0.15, 0.2) is 42.5 Å². The number of carbonyl (C=O) groups is 3. The topological polar surface area (TPSA) is 69.7 Å². The third kappa shape index (κ3) is 2.23. The molecule has 0 radical (unpaired) electrons. The van der Waals surface area contributed by atoms with Crippen LogP contribution in [0, 0.1) is 0 Å². The van der Waals surface area contributed by atoms with Crippen molar-refractivity contribution in [3.63, 3.8) is 0 Å². The molecule has 2 fully saturated rings. The van der Waals surface area contributed by atoms with E-state index in [4.69, 9.17) is 0 Å². The Morgan fingerprint density at radius 1 is 1.04 bits per heavy atom. The van der Waals surface area contributed by atoms with Crippen molar-refractivity contribution < 1.29 is 14.4 Å². The van der Waals surface area contributed by atoms with Crippen molar-refractivity contribution in [2.75, 3.05) is 19.6 Å². The van der Waals surface area contributed by atoms with E-state index in [0.717, 1.165) is 10.8 Å². The van der Waals surface area contributed by atoms with E-state index in [1.807, 2.05) is 42.5 Å². The summed E-state index contributed by atoms with van der Waals surface area (Å²) in [6.07, 6.45) is 0. The minimum absolute atomic E-state index is 0.0496. The number of rotatable bonds is 2. The van der Waals surface area contributed by atoms with Gasteiger partial charge in [-0.15, -0.1) is 0 Å². The molecule has 4 amide bonds. The van der Waals surface area contributed by atoms with Gasteiger partial charge in [-0.3, -0.25) is 14.5 Å². The highest BCUT2D eigenvalue weighted by atomic mass is 16.2. The zero-order chi connectivity index (χ0) is 16.0. The smallest absolute Gasteiger partial charge is 0.324 e. The fraction of sp³-hybridized carbons (Fsp3) is 0.235. The molecule has 0 saturated carbocycles. The van der Waals surface area contributed by atoms with E-state index in [2.05, 4.69) is 5.32 Å². The Hall–Kier alpha value is -2.89. The fourth-order valence-electron chi connectivity index (χ4n) is 3.09. The van der Waals surface area contributed by atoms with Gasteiger partial charge in [0.15, 0.2) is 0 Å². The number of carbonyl (C=O) groups excluding carboxylic acids is 3. The SMILES string of the molecule is O=C(c1ccc2ccccc2c1)N1CC(N2C(=O)CNC2=O)C1. The molecular weight excluding hydrogens is 294 g/mol. The monoisotopic (exact) mass is 309 g/mol. The molecule has 0 unspecified atom stereocenters. The number of benzene rings is 2. The lowest BCUT2D eigenvalue weighted by Gasteiger charge is -2.42. The zero-order valence-electron chi connectivity index (χ0n) is 12.4. The predicted octanol–water partition coefficient (Wildman–Crippen LogP) is 1.22. The summed E-state index contributed by atoms with van der Waals surface area (Å²) in [5, 5.41) is 4.60. The summed E-state index contributed by atoms with van der Waals surface area (Å²) in [6.45, 7) is 0.837. The molecule has 0 atom stereocenters. The van der Waals surface area contributed by atoms with E-state index >= 15 is 0 Å². The summed E-state index contributed by atoms with van der Waals surface area (Å²) in [5.41, 5.74) is 0.624. The van der Waals surface area contributed by atoms with Crippen molar-refractivity contribution in [3.8, 4) is 0 Å². The summed E-state index contributed by atoms with van der Waals surface area (Å²) in [6, 6.07) is 12.9. The van der Waals surface area contributed by atoms with E-state index in [1.54, 1.807) is 4.90 Å². The van der Waals surface area contributed by atoms with Gasteiger partial charge >= 0.3 is 6.03 Å². The number of likely N-dealkylation sites (tertiary alicyclic amines) is 1. The van der Waals surface area contributed by atoms with Gasteiger partial charge in [0.1, 0.15) is 0 Å². The number of hydrogen-bond donors (Lipinski definition) is 1. The lowest BCUT2D eigenvalue weighted by molar-refractivity contribution is -0.128. The number of nitrogens with one attached hydrogen (secondary N) is 1. The van der Waals surface area contributed by atoms with Crippen LogP contribution in [-0.4, -0.2) is 53.3 Å². The lowest BCUT2D eigenvalue weighted by atomic mass is 10.0. The molecule has 2 aromatic rings. The minimum atomic E-state index is -0.363. The van der Waals surface area contributed by atoms with Crippen LogP contribution in [0.2, 0.25) is 0 Å². The molecular formula is C17H15N3O3. The highest BCUT2D eigenvalue weighted by molar-refractivity contribution is 6.03. The van der Waals surface area contributed by atoms with Gasteiger partial charge in [-0.25, -0.2) is 4.79 Å². The average Bonchev–Trinajstić information content (AvgIpc) is 2.85. The van der Waals surface area contributed by atoms with Gasteiger partial charge < -0.3 is 10.2 Å². The third-order valence-electron chi connectivity index (χ3n) is 4.39. The summed E-state index contributed by atoms with van der Waals surface area (Å²) in [7, 11) is 0. The largest absolute Gasteiger partial charge is 0.334 e. The molecule has 0 aromatic heterocycles. The van der Waals surface area contributed by atoms with Crippen LogP contribution < -0.4 is 5.32 Å². The average molecular weight is 309 g/mol. The van der Waals surface area contributed by atoms with Crippen molar-refractivity contribution in [2.45, 2.75) is 6.04 Å². The second-order valence-electron chi connectivity index (χ2n) is 5.85. The van der Waals surface area contributed by atoms with Crippen molar-refractivity contribution in [2.24, 2.45) is 0 Å². The molecule has 6 nitrogen and oxygen atoms in total. The molecule has 1 N–H and O–H groups in total. The number of hydrogen-bond acceptors (Lipinski definition) is 3. The van der Waals surface area contributed by atoms with Crippen LogP contribution in [0.4, 0.5) is 4.79 Å². The number of nitrogens with zero attached hydrogens (tertiary/aromatic N) is 2. The molecule has 2 aromatic carbocycles. The Bertz CT molecular complexity index is 811. The Morgan fingerprint density at radius 2 is 1.78 bits per heavy atom. The normalized spacial score (nSPS) is 18.3. The first-order valence-corrected chi connectivity index (χ1v) is 7.51. The van der Waals surface area contributed by atoms with E-state index in [-0.39, 0.29) is 30.4 Å². The molecule has 23 heavy (non-hydrogen) atoms. The molecule has 0 aliphatic carbocycles. The van der Waals surface area contributed by atoms with Crippen LogP contribution in [0.1, 0.15) is 10.4 Å². The molecule has 0 bridgehead atoms. The van der Waals surface area contributed by atoms with Crippen LogP contribution in [-0.2, 0) is 4.79 Å². The number of imide groups is 1. The quantitative estimate of drug-likeness (QED) is 0.848. The second-order valence-corrected chi connectivity index (χ2v) is 5.85. The van der Waals surface area contributed by atoms with E-state index in [9.17, 15) is 14.4 Å². The molecule has 6 heteroatoms. The first-order chi connectivity index (χ1) is 11.1. The maximum absolute atomic E-state index is 12.5. The molecule has 4 rings (SSSR count). The molecule has 2 aliphatic rings. The molecule has 2 saturated heterocycles. The Kier molecular flexibility index (Phi) is 3.04. The second kappa shape index (κ2) is 5.08. The third-order valence-corrected chi connectivity index (χ3v) is 4.39. The standard InChI is InChI=1S/C17H15N3O3/c21-15-8-18-17(23)20(15)14-9-19(10-14)16(22)13-6-5-11-3-1-2-4-12(11)7-13/h1-7,14H,8-10H2,(H,18,23). The predicted molar refractivity (Wildman–Crippen MR) is 83.9 cm³/mol. The van der Waals surface area contributed by atoms with E-state index in [0.29, 0.717) is 18.7 Å². The highest BCUT2D eigenvalue weighted by Gasteiger charge is 2.43. The summed E-state index contributed by atoms with van der Waals surface area (Å²) < 4.78 is 0. The molecule has 0 spiro atoms. The van der Waals surface area contributed by atoms with E-state index in [1.165, 1.54) is 4.90 Å². The molecule has 2 heterocycles. The minimum Gasteiger partial charge on any atom is -0.334 e. The molecule has 2 aliphatic heterocycles. The number of urea groups is 1. The zero-order valence-corrected chi connectivity index (χ0v) is 12.4. The Balaban J connectivity index is 1.48. The van der Waals surface area contributed by atoms with Gasteiger partial charge in [-0.1, -0.05) is 30.3 Å². The maximum atomic E-state index is 12.5. The van der Waals surface area contributed by atoms with Gasteiger partial charge in [0, 0.05) is 18.7 Å². The van der Waals surface area contributed by atoms with Gasteiger partial charge in [0.05, 0.1) is 12.6 Å². The van der Waals surface area contributed by atoms with Crippen LogP contribution >= 0.6 is 0 Å². The first-order valence-electron chi connectivity index (χ1n) is 7.51. The fourth-order valence-corrected chi connectivity index (χ4v) is 3.09. The first kappa shape index (κ1) is 13.8. The van der Waals surface area contributed by atoms with Gasteiger partial charge in [0.25, 0.3) is 5.91 Å². The van der Waals surface area contributed by atoms with Crippen LogP contribution in [0.5, 0.6) is 0 Å². The van der Waals surface area contributed by atoms with Crippen molar-refractivity contribution in [3.05, 3.63) is 48.0 Å². The van der Waals surface area contributed by atoms with Crippen molar-refractivity contribution >= 4 is 28.6 Å². The van der Waals surface area contributed by atoms with Crippen LogP contribution in [0.25, 0.3) is 10.8 Å². The number of amides is 4. The highest BCUT2D eigenvalue weighted by Crippen LogP contribution is 2.22. The summed E-state index contributed by atoms with van der Waals surface area (Å²) in [5.74, 6) is -0.295. The lowest BCUT2D eigenvalue weighted by Crippen LogP contribution is -2.62. The van der Waals surface area contributed by atoms with Gasteiger partial charge in [-0.05, 0) is 22.9 Å².